The SMILES string of the molecule is Cc1cc(C)c(O)c(O)c1C. The van der Waals surface area contributed by atoms with Gasteiger partial charge in [-0.3, -0.25) is 0 Å². The second-order valence-electron chi connectivity index (χ2n) is 2.83. The van der Waals surface area contributed by atoms with E-state index >= 15 is 0 Å². The van der Waals surface area contributed by atoms with Crippen molar-refractivity contribution in [3.8, 4) is 11.5 Å². The van der Waals surface area contributed by atoms with Crippen LogP contribution in [-0.2, 0) is 0 Å². The van der Waals surface area contributed by atoms with Gasteiger partial charge in [0.15, 0.2) is 11.5 Å². The molecule has 0 saturated carbocycles. The molecule has 2 N–H and O–H groups in total. The van der Waals surface area contributed by atoms with Crippen LogP contribution in [0.2, 0.25) is 0 Å². The van der Waals surface area contributed by atoms with Crippen molar-refractivity contribution in [2.24, 2.45) is 0 Å². The number of aryl methyl sites for hydroxylation is 2. The summed E-state index contributed by atoms with van der Waals surface area (Å²) in [5.41, 5.74) is 2.46. The summed E-state index contributed by atoms with van der Waals surface area (Å²) in [7, 11) is 0. The largest absolute Gasteiger partial charge is 0.504 e. The van der Waals surface area contributed by atoms with Gasteiger partial charge in [-0.1, -0.05) is 6.07 Å². The van der Waals surface area contributed by atoms with Crippen LogP contribution in [0, 0.1) is 20.8 Å². The van der Waals surface area contributed by atoms with Crippen LogP contribution in [0.15, 0.2) is 6.07 Å². The first-order chi connectivity index (χ1) is 5.04. The molecule has 1 aromatic rings. The molecule has 0 saturated heterocycles. The smallest absolute Gasteiger partial charge is 0.160 e. The summed E-state index contributed by atoms with van der Waals surface area (Å²) in [5, 5.41) is 18.6. The second-order valence-corrected chi connectivity index (χ2v) is 2.83. The third kappa shape index (κ3) is 1.16. The Morgan fingerprint density at radius 2 is 1.45 bits per heavy atom. The van der Waals surface area contributed by atoms with E-state index in [9.17, 15) is 10.2 Å². The van der Waals surface area contributed by atoms with Crippen LogP contribution in [0.1, 0.15) is 16.7 Å². The molecule has 11 heavy (non-hydrogen) atoms. The molecule has 0 spiro atoms. The maximum Gasteiger partial charge on any atom is 0.160 e. The Morgan fingerprint density at radius 3 is 2.00 bits per heavy atom. The van der Waals surface area contributed by atoms with Gasteiger partial charge < -0.3 is 10.2 Å². The molecule has 0 aliphatic carbocycles. The van der Waals surface area contributed by atoms with E-state index in [0.29, 0.717) is 5.56 Å². The van der Waals surface area contributed by atoms with Crippen molar-refractivity contribution in [2.45, 2.75) is 20.8 Å². The van der Waals surface area contributed by atoms with Crippen molar-refractivity contribution in [3.05, 3.63) is 22.8 Å². The number of benzene rings is 1. The Balaban J connectivity index is 3.46. The number of rotatable bonds is 0. The highest BCUT2D eigenvalue weighted by Gasteiger charge is 2.07. The van der Waals surface area contributed by atoms with E-state index in [4.69, 9.17) is 0 Å². The maximum absolute atomic E-state index is 9.32. The molecule has 0 aliphatic rings. The molecule has 0 bridgehead atoms. The van der Waals surface area contributed by atoms with Crippen molar-refractivity contribution < 1.29 is 10.2 Å². The average molecular weight is 152 g/mol. The van der Waals surface area contributed by atoms with Crippen LogP contribution in [0.5, 0.6) is 11.5 Å². The highest BCUT2D eigenvalue weighted by Crippen LogP contribution is 2.33. The third-order valence-electron chi connectivity index (χ3n) is 1.98. The highest BCUT2D eigenvalue weighted by molar-refractivity contribution is 5.52. The Hall–Kier alpha value is -1.18. The van der Waals surface area contributed by atoms with Gasteiger partial charge in [-0.25, -0.2) is 0 Å². The molecule has 0 heterocycles. The van der Waals surface area contributed by atoms with E-state index in [0.717, 1.165) is 11.1 Å². The molecule has 0 unspecified atom stereocenters. The minimum Gasteiger partial charge on any atom is -0.504 e. The summed E-state index contributed by atoms with van der Waals surface area (Å²) in [4.78, 5) is 0. The molecular weight excluding hydrogens is 140 g/mol. The first-order valence-electron chi connectivity index (χ1n) is 3.52. The Bertz CT molecular complexity index is 264. The van der Waals surface area contributed by atoms with Crippen LogP contribution in [0.4, 0.5) is 0 Å². The third-order valence-corrected chi connectivity index (χ3v) is 1.98. The Kier molecular flexibility index (Phi) is 1.77. The molecule has 2 nitrogen and oxygen atoms in total. The summed E-state index contributed by atoms with van der Waals surface area (Å²) < 4.78 is 0. The van der Waals surface area contributed by atoms with Gasteiger partial charge in [0.05, 0.1) is 0 Å². The van der Waals surface area contributed by atoms with Gasteiger partial charge in [0.1, 0.15) is 0 Å². The van der Waals surface area contributed by atoms with Crippen molar-refractivity contribution in [1.82, 2.24) is 0 Å². The molecule has 0 fully saturated rings. The van der Waals surface area contributed by atoms with Gasteiger partial charge in [-0.2, -0.15) is 0 Å². The van der Waals surface area contributed by atoms with Crippen LogP contribution >= 0.6 is 0 Å². The number of phenolic OH excluding ortho intramolecular Hbond substituents is 2. The average Bonchev–Trinajstić information content (AvgIpc) is 1.97. The molecule has 1 rings (SSSR count). The van der Waals surface area contributed by atoms with Gasteiger partial charge in [0, 0.05) is 0 Å². The molecular formula is C9H12O2. The maximum atomic E-state index is 9.32. The van der Waals surface area contributed by atoms with Crippen molar-refractivity contribution in [2.75, 3.05) is 0 Å². The molecule has 1 aromatic carbocycles. The van der Waals surface area contributed by atoms with Crippen molar-refractivity contribution in [3.63, 3.8) is 0 Å². The van der Waals surface area contributed by atoms with Crippen LogP contribution in [0.3, 0.4) is 0 Å². The zero-order valence-electron chi connectivity index (χ0n) is 6.97. The standard InChI is InChI=1S/C9H12O2/c1-5-4-6(2)8(10)9(11)7(5)3/h4,10-11H,1-3H3. The molecule has 0 aliphatic heterocycles. The quantitative estimate of drug-likeness (QED) is 0.558. The number of hydrogen-bond acceptors (Lipinski definition) is 2. The molecule has 0 atom stereocenters. The normalized spacial score (nSPS) is 10.1. The van der Waals surface area contributed by atoms with E-state index in [1.54, 1.807) is 13.8 Å². The Morgan fingerprint density at radius 1 is 0.909 bits per heavy atom. The van der Waals surface area contributed by atoms with Gasteiger partial charge in [0.2, 0.25) is 0 Å². The lowest BCUT2D eigenvalue weighted by atomic mass is 10.0. The fourth-order valence-corrected chi connectivity index (χ4v) is 1.05. The van der Waals surface area contributed by atoms with Crippen LogP contribution < -0.4 is 0 Å². The summed E-state index contributed by atoms with van der Waals surface area (Å²) in [6.45, 7) is 5.45. The highest BCUT2D eigenvalue weighted by atomic mass is 16.3. The van der Waals surface area contributed by atoms with Gasteiger partial charge >= 0.3 is 0 Å². The molecule has 0 radical (unpaired) electrons. The molecule has 2 heteroatoms. The van der Waals surface area contributed by atoms with Crippen molar-refractivity contribution >= 4 is 0 Å². The van der Waals surface area contributed by atoms with Crippen LogP contribution in [-0.4, -0.2) is 10.2 Å². The summed E-state index contributed by atoms with van der Waals surface area (Å²) in [6, 6.07) is 1.85. The van der Waals surface area contributed by atoms with Crippen LogP contribution in [0.25, 0.3) is 0 Å². The fraction of sp³-hybridized carbons (Fsp3) is 0.333. The molecule has 0 amide bonds. The monoisotopic (exact) mass is 152 g/mol. The molecule has 60 valence electrons. The lowest BCUT2D eigenvalue weighted by Crippen LogP contribution is -1.85. The fourth-order valence-electron chi connectivity index (χ4n) is 1.05. The van der Waals surface area contributed by atoms with E-state index < -0.39 is 0 Å². The zero-order chi connectivity index (χ0) is 8.59. The summed E-state index contributed by atoms with van der Waals surface area (Å²) >= 11 is 0. The van der Waals surface area contributed by atoms with E-state index in [1.165, 1.54) is 0 Å². The summed E-state index contributed by atoms with van der Waals surface area (Å²) in [6.07, 6.45) is 0. The molecule has 0 aromatic heterocycles. The zero-order valence-corrected chi connectivity index (χ0v) is 6.97. The lowest BCUT2D eigenvalue weighted by molar-refractivity contribution is 0.398. The van der Waals surface area contributed by atoms with Crippen molar-refractivity contribution in [1.29, 1.82) is 0 Å². The predicted octanol–water partition coefficient (Wildman–Crippen LogP) is 2.02. The lowest BCUT2D eigenvalue weighted by Gasteiger charge is -2.07. The van der Waals surface area contributed by atoms with E-state index in [2.05, 4.69) is 0 Å². The minimum absolute atomic E-state index is 0.00231. The van der Waals surface area contributed by atoms with E-state index in [-0.39, 0.29) is 11.5 Å². The first kappa shape index (κ1) is 7.92. The van der Waals surface area contributed by atoms with Gasteiger partial charge in [0.25, 0.3) is 0 Å². The Labute approximate surface area is 66.1 Å². The number of phenols is 2. The predicted molar refractivity (Wildman–Crippen MR) is 44.0 cm³/mol. The number of hydrogen-bond donors (Lipinski definition) is 2. The first-order valence-corrected chi connectivity index (χ1v) is 3.52. The number of aromatic hydroxyl groups is 2. The van der Waals surface area contributed by atoms with E-state index in [1.807, 2.05) is 13.0 Å². The minimum atomic E-state index is -0.00639. The summed E-state index contributed by atoms with van der Waals surface area (Å²) in [5.74, 6) is -0.00407. The topological polar surface area (TPSA) is 40.5 Å². The van der Waals surface area contributed by atoms with Gasteiger partial charge in [-0.15, -0.1) is 0 Å². The van der Waals surface area contributed by atoms with Gasteiger partial charge in [-0.05, 0) is 37.5 Å². The second kappa shape index (κ2) is 2.46.